The molecule has 0 bridgehead atoms. The molecule has 1 rings (SSSR count). The number of carbonyl (C=O) groups is 1. The zero-order chi connectivity index (χ0) is 18.9. The van der Waals surface area contributed by atoms with E-state index >= 15 is 0 Å². The quantitative estimate of drug-likeness (QED) is 0.322. The third-order valence-corrected chi connectivity index (χ3v) is 3.81. The molecule has 26 heavy (non-hydrogen) atoms. The maximum absolute atomic E-state index is 10.3. The third-order valence-electron chi connectivity index (χ3n) is 3.06. The Morgan fingerprint density at radius 1 is 0.808 bits per heavy atom. The highest BCUT2D eigenvalue weighted by atomic mass is 32.2. The summed E-state index contributed by atoms with van der Waals surface area (Å²) in [5, 5.41) is 8.43. The minimum atomic E-state index is -0.863. The Kier molecular flexibility index (Phi) is 14.1. The highest BCUT2D eigenvalue weighted by molar-refractivity contribution is 7.94. The Morgan fingerprint density at radius 3 is 1.77 bits per heavy atom. The molecule has 0 spiro atoms. The average Bonchev–Trinajstić information content (AvgIpc) is 2.62. The number of aliphatic carboxylic acids is 1. The Morgan fingerprint density at radius 2 is 1.27 bits per heavy atom. The second kappa shape index (κ2) is 16.0. The first-order chi connectivity index (χ1) is 12.7. The van der Waals surface area contributed by atoms with Gasteiger partial charge in [0, 0.05) is 16.9 Å². The summed E-state index contributed by atoms with van der Waals surface area (Å²) in [6.45, 7) is 6.08. The number of aryl methyl sites for hydroxylation is 1. The maximum Gasteiger partial charge on any atom is 0.305 e. The van der Waals surface area contributed by atoms with Gasteiger partial charge in [-0.05, 0) is 19.1 Å². The summed E-state index contributed by atoms with van der Waals surface area (Å²) >= 11 is 1.35. The fourth-order valence-corrected chi connectivity index (χ4v) is 2.25. The second-order valence-electron chi connectivity index (χ2n) is 5.31. The monoisotopic (exact) mass is 388 g/mol. The molecule has 7 nitrogen and oxygen atoms in total. The normalized spacial score (nSPS) is 11.0. The van der Waals surface area contributed by atoms with Crippen molar-refractivity contribution in [2.45, 2.75) is 18.2 Å². The van der Waals surface area contributed by atoms with E-state index in [1.165, 1.54) is 17.6 Å². The van der Waals surface area contributed by atoms with Gasteiger partial charge in [0.25, 0.3) is 0 Å². The molecule has 0 heterocycles. The zero-order valence-corrected chi connectivity index (χ0v) is 16.0. The van der Waals surface area contributed by atoms with Crippen LogP contribution in [0.3, 0.4) is 0 Å². The van der Waals surface area contributed by atoms with E-state index in [4.69, 9.17) is 28.2 Å². The number of rotatable bonds is 17. The van der Waals surface area contributed by atoms with Crippen LogP contribution in [0.15, 0.2) is 29.2 Å². The Labute approximate surface area is 159 Å². The standard InChI is InChI=1S/C18H28O7S/c1-16-2-4-17(5-3-16)26-25-15-14-24-13-12-23-11-10-22-9-8-21-7-6-18(19)20/h2-5H,6-15H2,1H3,(H,19,20). The van der Waals surface area contributed by atoms with Gasteiger partial charge < -0.3 is 28.2 Å². The van der Waals surface area contributed by atoms with Crippen molar-refractivity contribution in [1.29, 1.82) is 0 Å². The van der Waals surface area contributed by atoms with Crippen molar-refractivity contribution in [3.63, 3.8) is 0 Å². The van der Waals surface area contributed by atoms with Gasteiger partial charge in [0.1, 0.15) is 0 Å². The molecule has 0 saturated heterocycles. The SMILES string of the molecule is Cc1ccc(SOCCOCCOCCOCCOCCC(=O)O)cc1. The van der Waals surface area contributed by atoms with Gasteiger partial charge in [0.15, 0.2) is 0 Å². The Bertz CT molecular complexity index is 467. The van der Waals surface area contributed by atoms with Gasteiger partial charge in [-0.1, -0.05) is 17.7 Å². The van der Waals surface area contributed by atoms with Gasteiger partial charge in [0.2, 0.25) is 0 Å². The molecule has 0 unspecified atom stereocenters. The first-order valence-corrected chi connectivity index (χ1v) is 9.31. The van der Waals surface area contributed by atoms with Crippen LogP contribution < -0.4 is 0 Å². The van der Waals surface area contributed by atoms with E-state index in [1.807, 2.05) is 12.1 Å². The number of ether oxygens (including phenoxy) is 4. The Balaban J connectivity index is 1.74. The van der Waals surface area contributed by atoms with Crippen LogP contribution in [-0.2, 0) is 27.9 Å². The minimum Gasteiger partial charge on any atom is -0.481 e. The van der Waals surface area contributed by atoms with E-state index in [2.05, 4.69) is 19.1 Å². The zero-order valence-electron chi connectivity index (χ0n) is 15.2. The first kappa shape index (κ1) is 22.9. The molecule has 0 aliphatic carbocycles. The van der Waals surface area contributed by atoms with E-state index in [0.29, 0.717) is 52.9 Å². The van der Waals surface area contributed by atoms with Crippen molar-refractivity contribution >= 4 is 18.0 Å². The number of carboxylic acids is 1. The summed E-state index contributed by atoms with van der Waals surface area (Å²) in [6, 6.07) is 8.16. The van der Waals surface area contributed by atoms with Crippen LogP contribution in [0.1, 0.15) is 12.0 Å². The van der Waals surface area contributed by atoms with Crippen LogP contribution in [0, 0.1) is 6.92 Å². The smallest absolute Gasteiger partial charge is 0.305 e. The highest BCUT2D eigenvalue weighted by Gasteiger charge is 1.97. The molecule has 0 amide bonds. The molecule has 1 N–H and O–H groups in total. The van der Waals surface area contributed by atoms with Crippen molar-refractivity contribution in [2.24, 2.45) is 0 Å². The molecule has 1 aromatic rings. The lowest BCUT2D eigenvalue weighted by atomic mass is 10.2. The lowest BCUT2D eigenvalue weighted by Crippen LogP contribution is -2.13. The first-order valence-electron chi connectivity index (χ1n) is 8.57. The van der Waals surface area contributed by atoms with Crippen LogP contribution in [-0.4, -0.2) is 70.5 Å². The Hall–Kier alpha value is -1.16. The summed E-state index contributed by atoms with van der Waals surface area (Å²) in [5.74, 6) is -0.863. The molecule has 8 heteroatoms. The number of carboxylic acid groups (broad SMARTS) is 1. The number of hydrogen-bond donors (Lipinski definition) is 1. The molecule has 148 valence electrons. The van der Waals surface area contributed by atoms with E-state index in [9.17, 15) is 4.79 Å². The lowest BCUT2D eigenvalue weighted by molar-refractivity contribution is -0.138. The summed E-state index contributed by atoms with van der Waals surface area (Å²) in [7, 11) is 0. The van der Waals surface area contributed by atoms with Gasteiger partial charge in [-0.2, -0.15) is 0 Å². The molecule has 0 aliphatic heterocycles. The van der Waals surface area contributed by atoms with Crippen molar-refractivity contribution in [3.05, 3.63) is 29.8 Å². The molecule has 1 aromatic carbocycles. The average molecular weight is 388 g/mol. The van der Waals surface area contributed by atoms with Crippen LogP contribution in [0.4, 0.5) is 0 Å². The second-order valence-corrected chi connectivity index (χ2v) is 6.19. The fourth-order valence-electron chi connectivity index (χ4n) is 1.72. The van der Waals surface area contributed by atoms with E-state index in [-0.39, 0.29) is 13.0 Å². The topological polar surface area (TPSA) is 83.5 Å². The summed E-state index contributed by atoms with van der Waals surface area (Å²) < 4.78 is 26.6. The third kappa shape index (κ3) is 14.1. The van der Waals surface area contributed by atoms with E-state index in [1.54, 1.807) is 0 Å². The largest absolute Gasteiger partial charge is 0.481 e. The number of hydrogen-bond acceptors (Lipinski definition) is 7. The summed E-state index contributed by atoms with van der Waals surface area (Å²) in [6.07, 6.45) is 0.0127. The van der Waals surface area contributed by atoms with Crippen LogP contribution in [0.5, 0.6) is 0 Å². The van der Waals surface area contributed by atoms with Gasteiger partial charge in [-0.3, -0.25) is 4.79 Å². The molecule has 0 aliphatic rings. The van der Waals surface area contributed by atoms with Crippen molar-refractivity contribution in [1.82, 2.24) is 0 Å². The van der Waals surface area contributed by atoms with Crippen LogP contribution in [0.25, 0.3) is 0 Å². The predicted octanol–water partition coefficient (Wildman–Crippen LogP) is 2.56. The minimum absolute atomic E-state index is 0.0127. The molecule has 0 atom stereocenters. The van der Waals surface area contributed by atoms with Crippen LogP contribution in [0.2, 0.25) is 0 Å². The lowest BCUT2D eigenvalue weighted by Gasteiger charge is -2.07. The summed E-state index contributed by atoms with van der Waals surface area (Å²) in [4.78, 5) is 11.3. The van der Waals surface area contributed by atoms with E-state index < -0.39 is 5.97 Å². The molecular weight excluding hydrogens is 360 g/mol. The summed E-state index contributed by atoms with van der Waals surface area (Å²) in [5.41, 5.74) is 1.23. The number of benzene rings is 1. The van der Waals surface area contributed by atoms with E-state index in [0.717, 1.165) is 4.90 Å². The van der Waals surface area contributed by atoms with Gasteiger partial charge in [-0.25, -0.2) is 0 Å². The fraction of sp³-hybridized carbons (Fsp3) is 0.611. The van der Waals surface area contributed by atoms with Gasteiger partial charge in [-0.15, -0.1) is 0 Å². The molecule has 0 radical (unpaired) electrons. The van der Waals surface area contributed by atoms with Crippen molar-refractivity contribution < 1.29 is 33.0 Å². The van der Waals surface area contributed by atoms with Gasteiger partial charge in [0.05, 0.1) is 65.9 Å². The van der Waals surface area contributed by atoms with Crippen molar-refractivity contribution in [3.8, 4) is 0 Å². The maximum atomic E-state index is 10.3. The molecule has 0 fully saturated rings. The van der Waals surface area contributed by atoms with Crippen molar-refractivity contribution in [2.75, 3.05) is 59.5 Å². The van der Waals surface area contributed by atoms with Crippen LogP contribution >= 0.6 is 12.0 Å². The molecular formula is C18H28O7S. The molecule has 0 aromatic heterocycles. The highest BCUT2D eigenvalue weighted by Crippen LogP contribution is 2.18. The molecule has 0 saturated carbocycles. The predicted molar refractivity (Wildman–Crippen MR) is 98.5 cm³/mol. The van der Waals surface area contributed by atoms with Gasteiger partial charge >= 0.3 is 5.97 Å².